The summed E-state index contributed by atoms with van der Waals surface area (Å²) in [4.78, 5) is 0. The van der Waals surface area contributed by atoms with Gasteiger partial charge in [0.15, 0.2) is 0 Å². The van der Waals surface area contributed by atoms with Crippen molar-refractivity contribution >= 4 is 15.9 Å². The Morgan fingerprint density at radius 1 is 1.39 bits per heavy atom. The van der Waals surface area contributed by atoms with Gasteiger partial charge in [0.05, 0.1) is 12.7 Å². The van der Waals surface area contributed by atoms with Gasteiger partial charge in [-0.1, -0.05) is 35.0 Å². The van der Waals surface area contributed by atoms with E-state index in [9.17, 15) is 0 Å². The maximum absolute atomic E-state index is 4.49. The van der Waals surface area contributed by atoms with Crippen LogP contribution in [0.3, 0.4) is 0 Å². The highest BCUT2D eigenvalue weighted by atomic mass is 79.9. The van der Waals surface area contributed by atoms with Crippen LogP contribution >= 0.6 is 15.9 Å². The fraction of sp³-hybridized carbons (Fsp3) is 0.357. The highest BCUT2D eigenvalue weighted by Crippen LogP contribution is 2.15. The summed E-state index contributed by atoms with van der Waals surface area (Å²) in [5.41, 5.74) is 3.86. The fourth-order valence-electron chi connectivity index (χ4n) is 2.14. The molecule has 1 aromatic heterocycles. The Morgan fingerprint density at radius 3 is 2.89 bits per heavy atom. The molecule has 0 saturated carbocycles. The predicted octanol–water partition coefficient (Wildman–Crippen LogP) is 2.98. The summed E-state index contributed by atoms with van der Waals surface area (Å²) in [6.07, 6.45) is 2.97. The standard InChI is InChI=1S/C14H18BrN3/c1-3-14-12(8-16-2)9-17-18(14)10-11-5-4-6-13(15)7-11/h4-7,9,16H,3,8,10H2,1-2H3. The van der Waals surface area contributed by atoms with Crippen LogP contribution in [0.4, 0.5) is 0 Å². The summed E-state index contributed by atoms with van der Waals surface area (Å²) in [6.45, 7) is 3.88. The van der Waals surface area contributed by atoms with Crippen LogP contribution in [-0.2, 0) is 19.5 Å². The van der Waals surface area contributed by atoms with E-state index in [-0.39, 0.29) is 0 Å². The Labute approximate surface area is 116 Å². The van der Waals surface area contributed by atoms with Crippen molar-refractivity contribution in [3.05, 3.63) is 51.8 Å². The van der Waals surface area contributed by atoms with E-state index < -0.39 is 0 Å². The average molecular weight is 308 g/mol. The van der Waals surface area contributed by atoms with E-state index in [1.165, 1.54) is 16.8 Å². The van der Waals surface area contributed by atoms with E-state index in [4.69, 9.17) is 0 Å². The summed E-state index contributed by atoms with van der Waals surface area (Å²) in [5, 5.41) is 7.68. The van der Waals surface area contributed by atoms with Gasteiger partial charge in [-0.25, -0.2) is 0 Å². The lowest BCUT2D eigenvalue weighted by Gasteiger charge is -2.08. The molecule has 0 aliphatic heterocycles. The van der Waals surface area contributed by atoms with Gasteiger partial charge >= 0.3 is 0 Å². The van der Waals surface area contributed by atoms with Crippen LogP contribution in [0.5, 0.6) is 0 Å². The highest BCUT2D eigenvalue weighted by Gasteiger charge is 2.08. The molecule has 0 aliphatic carbocycles. The zero-order chi connectivity index (χ0) is 13.0. The van der Waals surface area contributed by atoms with Crippen LogP contribution in [0.15, 0.2) is 34.9 Å². The van der Waals surface area contributed by atoms with Gasteiger partial charge < -0.3 is 5.32 Å². The van der Waals surface area contributed by atoms with Gasteiger partial charge in [0.2, 0.25) is 0 Å². The normalized spacial score (nSPS) is 10.8. The maximum atomic E-state index is 4.49. The summed E-state index contributed by atoms with van der Waals surface area (Å²) in [6, 6.07) is 8.37. The number of hydrogen-bond donors (Lipinski definition) is 1. The highest BCUT2D eigenvalue weighted by molar-refractivity contribution is 9.10. The first-order chi connectivity index (χ1) is 8.74. The minimum absolute atomic E-state index is 0.826. The second kappa shape index (κ2) is 6.16. The molecule has 0 saturated heterocycles. The second-order valence-corrected chi connectivity index (χ2v) is 5.20. The third kappa shape index (κ3) is 3.00. The second-order valence-electron chi connectivity index (χ2n) is 4.29. The van der Waals surface area contributed by atoms with Gasteiger partial charge in [-0.05, 0) is 31.2 Å². The molecule has 0 aliphatic rings. The van der Waals surface area contributed by atoms with Gasteiger partial charge in [-0.2, -0.15) is 5.10 Å². The van der Waals surface area contributed by atoms with Crippen molar-refractivity contribution in [3.63, 3.8) is 0 Å². The molecule has 0 radical (unpaired) electrons. The van der Waals surface area contributed by atoms with E-state index in [0.717, 1.165) is 24.0 Å². The van der Waals surface area contributed by atoms with Crippen LogP contribution in [0.25, 0.3) is 0 Å². The minimum atomic E-state index is 0.826. The van der Waals surface area contributed by atoms with Gasteiger partial charge in [0.1, 0.15) is 0 Å². The van der Waals surface area contributed by atoms with Crippen LogP contribution in [-0.4, -0.2) is 16.8 Å². The summed E-state index contributed by atoms with van der Waals surface area (Å²) in [5.74, 6) is 0. The minimum Gasteiger partial charge on any atom is -0.316 e. The molecule has 1 heterocycles. The Kier molecular flexibility index (Phi) is 4.55. The summed E-state index contributed by atoms with van der Waals surface area (Å²) in [7, 11) is 1.96. The van der Waals surface area contributed by atoms with Crippen molar-refractivity contribution < 1.29 is 0 Å². The number of halogens is 1. The first-order valence-electron chi connectivity index (χ1n) is 6.17. The monoisotopic (exact) mass is 307 g/mol. The molecule has 1 N–H and O–H groups in total. The van der Waals surface area contributed by atoms with E-state index >= 15 is 0 Å². The Hall–Kier alpha value is -1.13. The van der Waals surface area contributed by atoms with E-state index in [1.54, 1.807) is 0 Å². The topological polar surface area (TPSA) is 29.9 Å². The average Bonchev–Trinajstić information content (AvgIpc) is 2.72. The molecule has 0 spiro atoms. The molecule has 0 amide bonds. The SMILES string of the molecule is CCc1c(CNC)cnn1Cc1cccc(Br)c1. The van der Waals surface area contributed by atoms with Crippen molar-refractivity contribution in [2.24, 2.45) is 0 Å². The fourth-order valence-corrected chi connectivity index (χ4v) is 2.59. The van der Waals surface area contributed by atoms with Gasteiger partial charge in [0.25, 0.3) is 0 Å². The third-order valence-electron chi connectivity index (χ3n) is 2.96. The van der Waals surface area contributed by atoms with Crippen molar-refractivity contribution in [1.82, 2.24) is 15.1 Å². The number of nitrogens with one attached hydrogen (secondary N) is 1. The van der Waals surface area contributed by atoms with E-state index in [2.05, 4.69) is 56.2 Å². The van der Waals surface area contributed by atoms with Crippen LogP contribution in [0, 0.1) is 0 Å². The van der Waals surface area contributed by atoms with E-state index in [1.807, 2.05) is 19.3 Å². The number of hydrogen-bond acceptors (Lipinski definition) is 2. The molecule has 4 heteroatoms. The van der Waals surface area contributed by atoms with Gasteiger partial charge in [-0.3, -0.25) is 4.68 Å². The quantitative estimate of drug-likeness (QED) is 0.920. The van der Waals surface area contributed by atoms with E-state index in [0.29, 0.717) is 0 Å². The first-order valence-corrected chi connectivity index (χ1v) is 6.96. The zero-order valence-electron chi connectivity index (χ0n) is 10.8. The predicted molar refractivity (Wildman–Crippen MR) is 77.6 cm³/mol. The number of aromatic nitrogens is 2. The lowest BCUT2D eigenvalue weighted by Crippen LogP contribution is -2.10. The lowest BCUT2D eigenvalue weighted by atomic mass is 10.2. The molecule has 0 fully saturated rings. The molecule has 1 aromatic carbocycles. The molecule has 0 unspecified atom stereocenters. The van der Waals surface area contributed by atoms with Gasteiger partial charge in [0, 0.05) is 22.3 Å². The van der Waals surface area contributed by atoms with Crippen molar-refractivity contribution in [3.8, 4) is 0 Å². The van der Waals surface area contributed by atoms with Gasteiger partial charge in [-0.15, -0.1) is 0 Å². The Morgan fingerprint density at radius 2 is 2.22 bits per heavy atom. The largest absolute Gasteiger partial charge is 0.316 e. The number of rotatable bonds is 5. The third-order valence-corrected chi connectivity index (χ3v) is 3.45. The molecule has 2 rings (SSSR count). The van der Waals surface area contributed by atoms with Crippen LogP contribution in [0.2, 0.25) is 0 Å². The number of nitrogens with zero attached hydrogens (tertiary/aromatic N) is 2. The Balaban J connectivity index is 2.23. The molecular weight excluding hydrogens is 290 g/mol. The van der Waals surface area contributed by atoms with Crippen LogP contribution < -0.4 is 5.32 Å². The zero-order valence-corrected chi connectivity index (χ0v) is 12.4. The summed E-state index contributed by atoms with van der Waals surface area (Å²) >= 11 is 3.50. The smallest absolute Gasteiger partial charge is 0.0663 e. The molecule has 0 atom stereocenters. The van der Waals surface area contributed by atoms with Crippen molar-refractivity contribution in [1.29, 1.82) is 0 Å². The lowest BCUT2D eigenvalue weighted by molar-refractivity contribution is 0.645. The van der Waals surface area contributed by atoms with Crippen molar-refractivity contribution in [2.75, 3.05) is 7.05 Å². The molecule has 2 aromatic rings. The maximum Gasteiger partial charge on any atom is 0.0663 e. The molecule has 0 bridgehead atoms. The Bertz CT molecular complexity index is 520. The summed E-state index contributed by atoms with van der Waals surface area (Å²) < 4.78 is 3.20. The molecular formula is C14H18BrN3. The van der Waals surface area contributed by atoms with Crippen LogP contribution in [0.1, 0.15) is 23.7 Å². The molecule has 3 nitrogen and oxygen atoms in total. The van der Waals surface area contributed by atoms with Crippen molar-refractivity contribution in [2.45, 2.75) is 26.4 Å². The molecule has 18 heavy (non-hydrogen) atoms. The first kappa shape index (κ1) is 13.3. The molecule has 96 valence electrons. The number of benzene rings is 1.